The van der Waals surface area contributed by atoms with Gasteiger partial charge in [-0.2, -0.15) is 0 Å². The molecule has 1 rings (SSSR count). The van der Waals surface area contributed by atoms with Crippen molar-refractivity contribution in [3.05, 3.63) is 35.1 Å². The molecule has 0 amide bonds. The van der Waals surface area contributed by atoms with Crippen LogP contribution in [0.1, 0.15) is 25.0 Å². The van der Waals surface area contributed by atoms with Gasteiger partial charge in [0, 0.05) is 32.3 Å². The van der Waals surface area contributed by atoms with Crippen molar-refractivity contribution >= 4 is 5.84 Å². The second-order valence-corrected chi connectivity index (χ2v) is 5.39. The summed E-state index contributed by atoms with van der Waals surface area (Å²) in [6.07, 6.45) is 0. The van der Waals surface area contributed by atoms with Crippen molar-refractivity contribution in [2.75, 3.05) is 26.8 Å². The van der Waals surface area contributed by atoms with Gasteiger partial charge < -0.3 is 15.7 Å². The number of nitrogens with zero attached hydrogens (tertiary/aromatic N) is 2. The van der Waals surface area contributed by atoms with Crippen molar-refractivity contribution in [2.45, 2.75) is 20.4 Å². The van der Waals surface area contributed by atoms with Gasteiger partial charge in [0.1, 0.15) is 5.82 Å². The molecule has 0 aliphatic carbocycles. The molecule has 0 saturated carbocycles. The normalized spacial score (nSPS) is 12.4. The highest BCUT2D eigenvalue weighted by Crippen LogP contribution is 2.16. The first-order valence-electron chi connectivity index (χ1n) is 6.96. The predicted octanol–water partition coefficient (Wildman–Crippen LogP) is 2.02. The van der Waals surface area contributed by atoms with Gasteiger partial charge in [0.25, 0.3) is 0 Å². The summed E-state index contributed by atoms with van der Waals surface area (Å²) >= 11 is 0. The molecule has 0 heterocycles. The zero-order valence-corrected chi connectivity index (χ0v) is 12.8. The fraction of sp³-hybridized carbons (Fsp3) is 0.533. The molecule has 0 saturated heterocycles. The lowest BCUT2D eigenvalue weighted by molar-refractivity contribution is 0.135. The van der Waals surface area contributed by atoms with Crippen LogP contribution in [0.4, 0.5) is 4.39 Å². The van der Waals surface area contributed by atoms with Crippen molar-refractivity contribution in [1.29, 1.82) is 0 Å². The quantitative estimate of drug-likeness (QED) is 0.333. The molecule has 0 aromatic heterocycles. The first-order valence-corrected chi connectivity index (χ1v) is 6.96. The maximum atomic E-state index is 14.4. The van der Waals surface area contributed by atoms with Crippen molar-refractivity contribution < 1.29 is 14.3 Å². The summed E-state index contributed by atoms with van der Waals surface area (Å²) in [4.78, 5) is 2.13. The fourth-order valence-corrected chi connectivity index (χ4v) is 2.17. The van der Waals surface area contributed by atoms with Gasteiger partial charge in [-0.25, -0.2) is 4.39 Å². The minimum absolute atomic E-state index is 0.117. The van der Waals surface area contributed by atoms with Crippen LogP contribution >= 0.6 is 0 Å². The molecule has 0 bridgehead atoms. The van der Waals surface area contributed by atoms with E-state index in [4.69, 9.17) is 15.7 Å². The Labute approximate surface area is 125 Å². The number of rotatable bonds is 8. The van der Waals surface area contributed by atoms with Crippen LogP contribution in [0.15, 0.2) is 23.4 Å². The Bertz CT molecular complexity index is 478. The molecule has 5 nitrogen and oxygen atoms in total. The number of halogens is 1. The summed E-state index contributed by atoms with van der Waals surface area (Å²) in [6.45, 7) is 6.85. The standard InChI is InChI=1S/C15H24FN3O2/c1-11(2)9-19(7-8-21-3)10-12-5-4-6-13(14(12)16)15(17)18-20/h4-6,11,20H,7-10H2,1-3H3,(H2,17,18). The van der Waals surface area contributed by atoms with Crippen LogP contribution in [0.2, 0.25) is 0 Å². The first kappa shape index (κ1) is 17.4. The van der Waals surface area contributed by atoms with Crippen LogP contribution < -0.4 is 5.73 Å². The van der Waals surface area contributed by atoms with Gasteiger partial charge in [-0.1, -0.05) is 31.1 Å². The molecule has 0 atom stereocenters. The van der Waals surface area contributed by atoms with Crippen LogP contribution in [-0.4, -0.2) is 42.7 Å². The average Bonchev–Trinajstić information content (AvgIpc) is 2.45. The molecule has 0 unspecified atom stereocenters. The van der Waals surface area contributed by atoms with E-state index in [9.17, 15) is 4.39 Å². The number of hydrogen-bond acceptors (Lipinski definition) is 4. The average molecular weight is 297 g/mol. The predicted molar refractivity (Wildman–Crippen MR) is 80.9 cm³/mol. The number of benzene rings is 1. The van der Waals surface area contributed by atoms with Gasteiger partial charge >= 0.3 is 0 Å². The molecule has 0 aliphatic rings. The highest BCUT2D eigenvalue weighted by Gasteiger charge is 2.15. The number of amidine groups is 1. The monoisotopic (exact) mass is 297 g/mol. The third kappa shape index (κ3) is 5.32. The Balaban J connectivity index is 2.92. The van der Waals surface area contributed by atoms with E-state index in [0.29, 0.717) is 24.6 Å². The van der Waals surface area contributed by atoms with Gasteiger partial charge in [-0.3, -0.25) is 4.90 Å². The third-order valence-corrected chi connectivity index (χ3v) is 3.09. The van der Waals surface area contributed by atoms with Crippen LogP contribution in [0.5, 0.6) is 0 Å². The lowest BCUT2D eigenvalue weighted by Gasteiger charge is -2.24. The topological polar surface area (TPSA) is 71.1 Å². The van der Waals surface area contributed by atoms with E-state index in [-0.39, 0.29) is 11.4 Å². The minimum atomic E-state index is -0.445. The Kier molecular flexibility index (Phi) is 7.11. The molecule has 6 heteroatoms. The van der Waals surface area contributed by atoms with Crippen molar-refractivity contribution in [1.82, 2.24) is 4.90 Å². The van der Waals surface area contributed by atoms with Gasteiger partial charge in [0.05, 0.1) is 12.2 Å². The second-order valence-electron chi connectivity index (χ2n) is 5.39. The molecular formula is C15H24FN3O2. The Morgan fingerprint density at radius 1 is 1.48 bits per heavy atom. The van der Waals surface area contributed by atoms with Crippen molar-refractivity contribution in [3.8, 4) is 0 Å². The molecule has 1 aromatic carbocycles. The second kappa shape index (κ2) is 8.59. The zero-order valence-electron chi connectivity index (χ0n) is 12.8. The van der Waals surface area contributed by atoms with Crippen LogP contribution in [0.3, 0.4) is 0 Å². The number of methoxy groups -OCH3 is 1. The van der Waals surface area contributed by atoms with Crippen LogP contribution in [0, 0.1) is 11.7 Å². The fourth-order valence-electron chi connectivity index (χ4n) is 2.17. The number of oxime groups is 1. The highest BCUT2D eigenvalue weighted by atomic mass is 19.1. The van der Waals surface area contributed by atoms with Gasteiger partial charge in [-0.05, 0) is 12.0 Å². The summed E-state index contributed by atoms with van der Waals surface area (Å²) in [6, 6.07) is 4.91. The summed E-state index contributed by atoms with van der Waals surface area (Å²) in [5, 5.41) is 11.5. The summed E-state index contributed by atoms with van der Waals surface area (Å²) in [5.74, 6) is -0.196. The van der Waals surface area contributed by atoms with E-state index in [1.807, 2.05) is 0 Å². The molecule has 0 radical (unpaired) electrons. The van der Waals surface area contributed by atoms with Crippen molar-refractivity contribution in [3.63, 3.8) is 0 Å². The minimum Gasteiger partial charge on any atom is -0.409 e. The molecule has 3 N–H and O–H groups in total. The smallest absolute Gasteiger partial charge is 0.173 e. The largest absolute Gasteiger partial charge is 0.409 e. The number of hydrogen-bond donors (Lipinski definition) is 2. The van der Waals surface area contributed by atoms with E-state index in [1.54, 1.807) is 19.2 Å². The molecule has 0 aliphatic heterocycles. The van der Waals surface area contributed by atoms with E-state index in [1.165, 1.54) is 6.07 Å². The lowest BCUT2D eigenvalue weighted by atomic mass is 10.1. The van der Waals surface area contributed by atoms with E-state index in [0.717, 1.165) is 13.1 Å². The Hall–Kier alpha value is -1.66. The van der Waals surface area contributed by atoms with E-state index >= 15 is 0 Å². The number of nitrogens with two attached hydrogens (primary N) is 1. The van der Waals surface area contributed by atoms with E-state index in [2.05, 4.69) is 23.9 Å². The maximum Gasteiger partial charge on any atom is 0.173 e. The molecule has 0 fully saturated rings. The lowest BCUT2D eigenvalue weighted by Crippen LogP contribution is -2.31. The maximum absolute atomic E-state index is 14.4. The highest BCUT2D eigenvalue weighted by molar-refractivity contribution is 5.97. The molecule has 0 spiro atoms. The summed E-state index contributed by atoms with van der Waals surface area (Å²) < 4.78 is 19.5. The summed E-state index contributed by atoms with van der Waals surface area (Å²) in [5.41, 5.74) is 6.12. The first-order chi connectivity index (χ1) is 9.99. The molecule has 118 valence electrons. The van der Waals surface area contributed by atoms with Crippen LogP contribution in [0.25, 0.3) is 0 Å². The van der Waals surface area contributed by atoms with Crippen LogP contribution in [-0.2, 0) is 11.3 Å². The van der Waals surface area contributed by atoms with Gasteiger partial charge in [0.15, 0.2) is 5.84 Å². The molecule has 21 heavy (non-hydrogen) atoms. The van der Waals surface area contributed by atoms with Gasteiger partial charge in [0.2, 0.25) is 0 Å². The Morgan fingerprint density at radius 2 is 2.19 bits per heavy atom. The molecular weight excluding hydrogens is 273 g/mol. The molecule has 1 aromatic rings. The number of ether oxygens (including phenoxy) is 1. The van der Waals surface area contributed by atoms with E-state index < -0.39 is 5.82 Å². The summed E-state index contributed by atoms with van der Waals surface area (Å²) in [7, 11) is 1.65. The van der Waals surface area contributed by atoms with Crippen molar-refractivity contribution in [2.24, 2.45) is 16.8 Å². The SMILES string of the molecule is COCCN(Cc1cccc(/C(N)=N/O)c1F)CC(C)C. The Morgan fingerprint density at radius 3 is 2.76 bits per heavy atom. The zero-order chi connectivity index (χ0) is 15.8. The third-order valence-electron chi connectivity index (χ3n) is 3.09. The van der Waals surface area contributed by atoms with Gasteiger partial charge in [-0.15, -0.1) is 0 Å².